The molecule has 1 aromatic heterocycles. The molecule has 1 aliphatic carbocycles. The van der Waals surface area contributed by atoms with Crippen molar-refractivity contribution in [2.75, 3.05) is 32.1 Å². The third kappa shape index (κ3) is 4.02. The molecule has 0 radical (unpaired) electrons. The van der Waals surface area contributed by atoms with Crippen LogP contribution in [0.25, 0.3) is 0 Å². The lowest BCUT2D eigenvalue weighted by molar-refractivity contribution is -0.117. The Kier molecular flexibility index (Phi) is 5.66. The highest BCUT2D eigenvalue weighted by atomic mass is 16.7. The zero-order chi connectivity index (χ0) is 25.7. The fraction of sp³-hybridized carbons (Fsp3) is 0.370. The topological polar surface area (TPSA) is 123 Å². The van der Waals surface area contributed by atoms with Gasteiger partial charge in [-0.3, -0.25) is 4.79 Å². The number of hydrogen-bond acceptors (Lipinski definition) is 9. The van der Waals surface area contributed by atoms with E-state index < -0.39 is 0 Å². The first kappa shape index (κ1) is 23.2. The summed E-state index contributed by atoms with van der Waals surface area (Å²) < 4.78 is 23.6. The molecule has 3 aliphatic rings. The maximum absolute atomic E-state index is 13.7. The summed E-state index contributed by atoms with van der Waals surface area (Å²) in [5.41, 5.74) is 9.74. The number of aromatic nitrogens is 3. The van der Waals surface area contributed by atoms with E-state index in [9.17, 15) is 4.79 Å². The third-order valence-electron chi connectivity index (χ3n) is 7.39. The molecule has 37 heavy (non-hydrogen) atoms. The number of nitrogen functional groups attached to an aromatic ring is 1. The number of allylic oxidation sites excluding steroid dienone is 2. The Balaban J connectivity index is 1.33. The number of ketones is 1. The lowest BCUT2D eigenvalue weighted by Gasteiger charge is -2.37. The first-order valence-electron chi connectivity index (χ1n) is 12.3. The zero-order valence-corrected chi connectivity index (χ0v) is 21.0. The maximum atomic E-state index is 13.7. The van der Waals surface area contributed by atoms with E-state index in [2.05, 4.69) is 22.3 Å². The number of carbonyl (C=O) groups excluding carboxylic acids is 1. The van der Waals surface area contributed by atoms with E-state index in [4.69, 9.17) is 24.7 Å². The minimum Gasteiger partial charge on any atom is -0.493 e. The van der Waals surface area contributed by atoms with Crippen molar-refractivity contribution in [3.8, 4) is 23.0 Å². The number of rotatable bonds is 6. The van der Waals surface area contributed by atoms with Crippen molar-refractivity contribution in [1.29, 1.82) is 0 Å². The van der Waals surface area contributed by atoms with E-state index in [0.29, 0.717) is 36.7 Å². The van der Waals surface area contributed by atoms with Gasteiger partial charge in [-0.05, 0) is 60.1 Å². The number of benzene rings is 2. The highest BCUT2D eigenvalue weighted by molar-refractivity contribution is 5.99. The molecule has 0 unspecified atom stereocenters. The Labute approximate surface area is 214 Å². The number of nitrogens with zero attached hydrogens (tertiary/aromatic N) is 3. The number of fused-ring (bicyclic) bond motifs is 2. The van der Waals surface area contributed by atoms with E-state index in [-0.39, 0.29) is 36.4 Å². The smallest absolute Gasteiger partial charge is 0.241 e. The van der Waals surface area contributed by atoms with Gasteiger partial charge >= 0.3 is 0 Å². The number of anilines is 2. The summed E-state index contributed by atoms with van der Waals surface area (Å²) in [6.07, 6.45) is 1.77. The second kappa shape index (κ2) is 9.02. The van der Waals surface area contributed by atoms with Crippen molar-refractivity contribution >= 4 is 17.7 Å². The molecule has 3 aromatic rings. The fourth-order valence-corrected chi connectivity index (χ4v) is 5.69. The van der Waals surface area contributed by atoms with Crippen LogP contribution in [-0.4, -0.2) is 41.6 Å². The summed E-state index contributed by atoms with van der Waals surface area (Å²) in [6, 6.07) is 11.5. The van der Waals surface area contributed by atoms with Crippen molar-refractivity contribution in [3.63, 3.8) is 0 Å². The summed E-state index contributed by atoms with van der Waals surface area (Å²) in [5.74, 6) is 3.65. The molecule has 0 fully saturated rings. The van der Waals surface area contributed by atoms with Crippen LogP contribution in [0.15, 0.2) is 47.7 Å². The molecule has 0 amide bonds. The maximum Gasteiger partial charge on any atom is 0.241 e. The van der Waals surface area contributed by atoms with Crippen LogP contribution in [0.3, 0.4) is 0 Å². The highest BCUT2D eigenvalue weighted by Crippen LogP contribution is 2.46. The molecule has 0 saturated carbocycles. The van der Waals surface area contributed by atoms with E-state index in [1.807, 2.05) is 36.4 Å². The highest BCUT2D eigenvalue weighted by Gasteiger charge is 2.41. The Morgan fingerprint density at radius 2 is 1.92 bits per heavy atom. The van der Waals surface area contributed by atoms with Crippen molar-refractivity contribution in [2.45, 2.75) is 38.1 Å². The van der Waals surface area contributed by atoms with Gasteiger partial charge in [-0.1, -0.05) is 19.1 Å². The van der Waals surface area contributed by atoms with E-state index in [0.717, 1.165) is 33.9 Å². The molecule has 6 rings (SSSR count). The zero-order valence-electron chi connectivity index (χ0n) is 21.0. The minimum atomic E-state index is -0.291. The summed E-state index contributed by atoms with van der Waals surface area (Å²) >= 11 is 0. The van der Waals surface area contributed by atoms with Crippen LogP contribution in [0.2, 0.25) is 0 Å². The Bertz CT molecular complexity index is 1410. The van der Waals surface area contributed by atoms with Crippen LogP contribution >= 0.6 is 0 Å². The Hall–Kier alpha value is -4.21. The number of methoxy groups -OCH3 is 2. The first-order valence-corrected chi connectivity index (χ1v) is 12.3. The van der Waals surface area contributed by atoms with Crippen molar-refractivity contribution in [3.05, 3.63) is 58.8 Å². The normalized spacial score (nSPS) is 20.7. The van der Waals surface area contributed by atoms with Gasteiger partial charge in [0.15, 0.2) is 28.8 Å². The molecule has 10 heteroatoms. The summed E-state index contributed by atoms with van der Waals surface area (Å²) in [6.45, 7) is 2.36. The number of nitrogens with two attached hydrogens (primary N) is 1. The minimum absolute atomic E-state index is 0.00445. The van der Waals surface area contributed by atoms with Gasteiger partial charge in [0.05, 0.1) is 20.3 Å². The van der Waals surface area contributed by atoms with Gasteiger partial charge in [-0.2, -0.15) is 4.98 Å². The van der Waals surface area contributed by atoms with Gasteiger partial charge in [0.2, 0.25) is 18.7 Å². The van der Waals surface area contributed by atoms with Crippen LogP contribution in [0.4, 0.5) is 11.9 Å². The van der Waals surface area contributed by atoms with E-state index in [1.165, 1.54) is 0 Å². The predicted molar refractivity (Wildman–Crippen MR) is 136 cm³/mol. The summed E-state index contributed by atoms with van der Waals surface area (Å²) in [4.78, 5) is 18.1. The predicted octanol–water partition coefficient (Wildman–Crippen LogP) is 3.85. The third-order valence-corrected chi connectivity index (χ3v) is 7.39. The monoisotopic (exact) mass is 503 g/mol. The quantitative estimate of drug-likeness (QED) is 0.516. The van der Waals surface area contributed by atoms with Crippen LogP contribution in [0.1, 0.15) is 42.9 Å². The van der Waals surface area contributed by atoms with Gasteiger partial charge in [-0.15, -0.1) is 5.10 Å². The fourth-order valence-electron chi connectivity index (χ4n) is 5.69. The molecule has 3 atom stereocenters. The second-order valence-corrected chi connectivity index (χ2v) is 9.71. The molecule has 10 nitrogen and oxygen atoms in total. The van der Waals surface area contributed by atoms with Crippen molar-refractivity contribution in [1.82, 2.24) is 14.8 Å². The van der Waals surface area contributed by atoms with Gasteiger partial charge in [0.1, 0.15) is 0 Å². The summed E-state index contributed by atoms with van der Waals surface area (Å²) in [7, 11) is 3.22. The number of Topliss-reactive ketones (excluding diaryl/α,β-unsaturated/α-hetero) is 1. The van der Waals surface area contributed by atoms with Crippen LogP contribution < -0.4 is 30.0 Å². The Morgan fingerprint density at radius 3 is 2.73 bits per heavy atom. The molecule has 192 valence electrons. The largest absolute Gasteiger partial charge is 0.493 e. The van der Waals surface area contributed by atoms with Crippen molar-refractivity contribution < 1.29 is 23.7 Å². The van der Waals surface area contributed by atoms with Gasteiger partial charge in [-0.25, -0.2) is 4.68 Å². The van der Waals surface area contributed by atoms with Gasteiger partial charge in [0.25, 0.3) is 0 Å². The standard InChI is InChI=1S/C27H29N5O5/c1-14(8-15-4-6-21-23(9-15)37-13-36-21)25-24-18(29-27-30-26(28)31-32(25)27)10-17(11-19(24)33)16-5-7-20(34-2)22(12-16)35-3/h4-7,9,12,14,17,25H,8,10-11,13H2,1-3H3,(H3,28,29,30,31)/t14-,17+,25+/m1/s1. The molecular formula is C27H29N5O5. The molecule has 0 bridgehead atoms. The van der Waals surface area contributed by atoms with Crippen LogP contribution in [-0.2, 0) is 11.2 Å². The number of hydrogen-bond donors (Lipinski definition) is 2. The van der Waals surface area contributed by atoms with E-state index in [1.54, 1.807) is 18.9 Å². The molecule has 2 aromatic carbocycles. The molecule has 0 spiro atoms. The molecule has 0 saturated heterocycles. The molecule has 3 heterocycles. The SMILES string of the molecule is COc1ccc([C@@H]2CC(=O)C3=C(C2)Nc2nc(N)nn2[C@H]3[C@H](C)Cc2ccc3c(c2)OCO3)cc1OC. The van der Waals surface area contributed by atoms with Gasteiger partial charge < -0.3 is 30.0 Å². The average Bonchev–Trinajstić information content (AvgIpc) is 3.51. The molecule has 2 aliphatic heterocycles. The molecule has 3 N–H and O–H groups in total. The lowest BCUT2D eigenvalue weighted by atomic mass is 9.76. The number of ether oxygens (including phenoxy) is 4. The first-order chi connectivity index (χ1) is 17.9. The Morgan fingerprint density at radius 1 is 1.11 bits per heavy atom. The number of carbonyl (C=O) groups is 1. The lowest BCUT2D eigenvalue weighted by Crippen LogP contribution is -2.36. The van der Waals surface area contributed by atoms with Crippen molar-refractivity contribution in [2.24, 2.45) is 5.92 Å². The second-order valence-electron chi connectivity index (χ2n) is 9.71. The van der Waals surface area contributed by atoms with Crippen LogP contribution in [0, 0.1) is 5.92 Å². The van der Waals surface area contributed by atoms with Gasteiger partial charge in [0, 0.05) is 17.7 Å². The molecular weight excluding hydrogens is 474 g/mol. The van der Waals surface area contributed by atoms with Crippen LogP contribution in [0.5, 0.6) is 23.0 Å². The average molecular weight is 504 g/mol. The summed E-state index contributed by atoms with van der Waals surface area (Å²) in [5, 5.41) is 7.82. The van der Waals surface area contributed by atoms with E-state index >= 15 is 0 Å². The number of nitrogens with one attached hydrogen (secondary N) is 1.